The van der Waals surface area contributed by atoms with E-state index in [1.807, 2.05) is 30.0 Å². The Kier molecular flexibility index (Phi) is 8.94. The second kappa shape index (κ2) is 11.9. The van der Waals surface area contributed by atoms with Gasteiger partial charge < -0.3 is 19.8 Å². The molecule has 188 valence electrons. The van der Waals surface area contributed by atoms with E-state index in [2.05, 4.69) is 26.7 Å². The molecular formula is C26H31ClN2O4S2. The van der Waals surface area contributed by atoms with Crippen molar-refractivity contribution in [1.29, 1.82) is 0 Å². The molecule has 1 atom stereocenters. The summed E-state index contributed by atoms with van der Waals surface area (Å²) in [6, 6.07) is 7.60. The number of rotatable bonds is 11. The van der Waals surface area contributed by atoms with Crippen molar-refractivity contribution >= 4 is 51.6 Å². The fraction of sp³-hybridized carbons (Fsp3) is 0.462. The number of carboxylic acid groups (broad SMARTS) is 1. The number of hydrogen-bond donors (Lipinski definition) is 2. The number of piperidine rings is 1. The van der Waals surface area contributed by atoms with Crippen LogP contribution in [0.1, 0.15) is 43.8 Å². The average molecular weight is 535 g/mol. The summed E-state index contributed by atoms with van der Waals surface area (Å²) in [6.07, 6.45) is 3.63. The number of methoxy groups -OCH3 is 1. The minimum Gasteiger partial charge on any atom is -0.497 e. The number of thiophene rings is 1. The molecule has 0 radical (unpaired) electrons. The Morgan fingerprint density at radius 3 is 2.83 bits per heavy atom. The van der Waals surface area contributed by atoms with Gasteiger partial charge in [-0.05, 0) is 87.1 Å². The molecule has 1 aliphatic heterocycles. The fourth-order valence-electron chi connectivity index (χ4n) is 4.78. The number of aliphatic hydroxyl groups is 1. The first kappa shape index (κ1) is 26.2. The zero-order valence-corrected chi connectivity index (χ0v) is 22.2. The first-order chi connectivity index (χ1) is 16.9. The quantitative estimate of drug-likeness (QED) is 0.226. The van der Waals surface area contributed by atoms with Crippen molar-refractivity contribution in [2.24, 2.45) is 5.41 Å². The van der Waals surface area contributed by atoms with Gasteiger partial charge >= 0.3 is 5.97 Å². The summed E-state index contributed by atoms with van der Waals surface area (Å²) < 4.78 is 5.33. The van der Waals surface area contributed by atoms with Crippen LogP contribution in [0.15, 0.2) is 46.1 Å². The Labute approximate surface area is 219 Å². The number of carboxylic acids is 1. The predicted molar refractivity (Wildman–Crippen MR) is 143 cm³/mol. The van der Waals surface area contributed by atoms with Gasteiger partial charge in [-0.3, -0.25) is 9.78 Å². The maximum absolute atomic E-state index is 12.3. The summed E-state index contributed by atoms with van der Waals surface area (Å²) >= 11 is 10.0. The van der Waals surface area contributed by atoms with E-state index in [0.717, 1.165) is 37.2 Å². The van der Waals surface area contributed by atoms with Crippen molar-refractivity contribution in [3.63, 3.8) is 0 Å². The van der Waals surface area contributed by atoms with Crippen LogP contribution in [0.5, 0.6) is 5.75 Å². The number of aliphatic hydroxyl groups excluding tert-OH is 1. The number of ether oxygens (including phenoxy) is 1. The molecule has 0 spiro atoms. The molecule has 1 aromatic carbocycles. The highest BCUT2D eigenvalue weighted by molar-refractivity contribution is 7.99. The van der Waals surface area contributed by atoms with E-state index < -0.39 is 17.5 Å². The second-order valence-electron chi connectivity index (χ2n) is 9.05. The van der Waals surface area contributed by atoms with Gasteiger partial charge in [-0.2, -0.15) is 11.3 Å². The average Bonchev–Trinajstić information content (AvgIpc) is 3.39. The number of fused-ring (bicyclic) bond motifs is 1. The summed E-state index contributed by atoms with van der Waals surface area (Å²) in [5, 5.41) is 26.6. The SMILES string of the molecule is COc1ccc2ncc(Cl)c([C@H](O)CCC3(C(=O)O)CCN(CCCSc4ccsc4)CC3)c2c1. The topological polar surface area (TPSA) is 82.9 Å². The molecule has 2 aromatic heterocycles. The number of thioether (sulfide) groups is 1. The number of pyridine rings is 1. The number of nitrogens with zero attached hydrogens (tertiary/aromatic N) is 2. The Morgan fingerprint density at radius 1 is 1.34 bits per heavy atom. The van der Waals surface area contributed by atoms with Crippen molar-refractivity contribution in [3.8, 4) is 5.75 Å². The van der Waals surface area contributed by atoms with Crippen LogP contribution >= 0.6 is 34.7 Å². The number of hydrogen-bond acceptors (Lipinski definition) is 7. The molecular weight excluding hydrogens is 504 g/mol. The zero-order chi connectivity index (χ0) is 24.8. The summed E-state index contributed by atoms with van der Waals surface area (Å²) in [4.78, 5) is 20.4. The zero-order valence-electron chi connectivity index (χ0n) is 19.8. The Morgan fingerprint density at radius 2 is 2.14 bits per heavy atom. The predicted octanol–water partition coefficient (Wildman–Crippen LogP) is 6.12. The third-order valence-electron chi connectivity index (χ3n) is 6.95. The molecule has 35 heavy (non-hydrogen) atoms. The molecule has 3 aromatic rings. The number of benzene rings is 1. The van der Waals surface area contributed by atoms with Crippen molar-refractivity contribution < 1.29 is 19.7 Å². The van der Waals surface area contributed by atoms with E-state index in [1.54, 1.807) is 18.4 Å². The Balaban J connectivity index is 1.35. The molecule has 2 N–H and O–H groups in total. The first-order valence-electron chi connectivity index (χ1n) is 11.8. The molecule has 0 bridgehead atoms. The number of aromatic nitrogens is 1. The molecule has 0 saturated carbocycles. The minimum atomic E-state index is -0.886. The summed E-state index contributed by atoms with van der Waals surface area (Å²) in [5.41, 5.74) is 0.468. The number of halogens is 1. The van der Waals surface area contributed by atoms with Gasteiger partial charge in [0.25, 0.3) is 0 Å². The van der Waals surface area contributed by atoms with Gasteiger partial charge in [0.2, 0.25) is 0 Å². The molecule has 1 saturated heterocycles. The monoisotopic (exact) mass is 534 g/mol. The standard InChI is InChI=1S/C26H31ClN2O4S2/c1-33-18-3-4-22-20(15-18)24(21(27)16-28-22)23(30)5-7-26(25(31)32)8-11-29(12-9-26)10-2-13-35-19-6-14-34-17-19/h3-4,6,14-17,23,30H,2,5,7-13H2,1H3,(H,31,32)/t23-/m1/s1. The third-order valence-corrected chi connectivity index (χ3v) is 9.16. The lowest BCUT2D eigenvalue weighted by Gasteiger charge is -2.39. The lowest BCUT2D eigenvalue weighted by atomic mass is 9.74. The van der Waals surface area contributed by atoms with Gasteiger partial charge in [-0.15, -0.1) is 11.8 Å². The van der Waals surface area contributed by atoms with Crippen molar-refractivity contribution in [3.05, 3.63) is 51.8 Å². The maximum atomic E-state index is 12.3. The Bertz CT molecular complexity index is 1130. The van der Waals surface area contributed by atoms with E-state index in [4.69, 9.17) is 16.3 Å². The maximum Gasteiger partial charge on any atom is 0.309 e. The van der Waals surface area contributed by atoms with Crippen LogP contribution in [-0.4, -0.2) is 58.6 Å². The van der Waals surface area contributed by atoms with Crippen molar-refractivity contribution in [1.82, 2.24) is 9.88 Å². The van der Waals surface area contributed by atoms with Gasteiger partial charge in [-0.25, -0.2) is 0 Å². The molecule has 3 heterocycles. The van der Waals surface area contributed by atoms with Gasteiger partial charge in [0, 0.05) is 27.4 Å². The van der Waals surface area contributed by atoms with Gasteiger partial charge in [0.15, 0.2) is 0 Å². The molecule has 1 aliphatic rings. The highest BCUT2D eigenvalue weighted by Gasteiger charge is 2.41. The summed E-state index contributed by atoms with van der Waals surface area (Å²) in [7, 11) is 1.58. The van der Waals surface area contributed by atoms with E-state index in [9.17, 15) is 15.0 Å². The van der Waals surface area contributed by atoms with Gasteiger partial charge in [0.1, 0.15) is 5.75 Å². The molecule has 0 amide bonds. The number of likely N-dealkylation sites (tertiary alicyclic amines) is 1. The van der Waals surface area contributed by atoms with Crippen molar-refractivity contribution in [2.75, 3.05) is 32.5 Å². The van der Waals surface area contributed by atoms with Crippen LogP contribution in [0.25, 0.3) is 10.9 Å². The van der Waals surface area contributed by atoms with Crippen LogP contribution in [-0.2, 0) is 4.79 Å². The molecule has 6 nitrogen and oxygen atoms in total. The first-order valence-corrected chi connectivity index (χ1v) is 14.1. The second-order valence-corrected chi connectivity index (χ2v) is 11.4. The third kappa shape index (κ3) is 6.30. The molecule has 4 rings (SSSR count). The number of aliphatic carboxylic acids is 1. The molecule has 1 fully saturated rings. The molecule has 9 heteroatoms. The highest BCUT2D eigenvalue weighted by Crippen LogP contribution is 2.41. The van der Waals surface area contributed by atoms with Crippen molar-refractivity contribution in [2.45, 2.75) is 43.1 Å². The van der Waals surface area contributed by atoms with Crippen LogP contribution in [0.3, 0.4) is 0 Å². The summed E-state index contributed by atoms with van der Waals surface area (Å²) in [5.74, 6) is 0.942. The van der Waals surface area contributed by atoms with Crippen LogP contribution in [0.2, 0.25) is 5.02 Å². The van der Waals surface area contributed by atoms with E-state index in [-0.39, 0.29) is 0 Å². The smallest absolute Gasteiger partial charge is 0.309 e. The van der Waals surface area contributed by atoms with Crippen LogP contribution in [0, 0.1) is 5.41 Å². The molecule has 0 aliphatic carbocycles. The summed E-state index contributed by atoms with van der Waals surface area (Å²) in [6.45, 7) is 2.51. The number of carbonyl (C=O) groups is 1. The van der Waals surface area contributed by atoms with Gasteiger partial charge in [0.05, 0.1) is 29.2 Å². The fourth-order valence-corrected chi connectivity index (χ4v) is 6.77. The minimum absolute atomic E-state index is 0.319. The van der Waals surface area contributed by atoms with Crippen LogP contribution in [0.4, 0.5) is 0 Å². The lowest BCUT2D eigenvalue weighted by molar-refractivity contribution is -0.153. The lowest BCUT2D eigenvalue weighted by Crippen LogP contribution is -2.44. The highest BCUT2D eigenvalue weighted by atomic mass is 35.5. The largest absolute Gasteiger partial charge is 0.497 e. The van der Waals surface area contributed by atoms with E-state index in [0.29, 0.717) is 47.5 Å². The van der Waals surface area contributed by atoms with E-state index >= 15 is 0 Å². The van der Waals surface area contributed by atoms with Crippen LogP contribution < -0.4 is 4.74 Å². The van der Waals surface area contributed by atoms with E-state index in [1.165, 1.54) is 11.1 Å². The van der Waals surface area contributed by atoms with Gasteiger partial charge in [-0.1, -0.05) is 11.6 Å². The molecule has 0 unspecified atom stereocenters. The normalized spacial score (nSPS) is 16.9. The Hall–Kier alpha value is -1.84.